The fraction of sp³-hybridized carbons (Fsp3) is 0.733. The molecule has 20 heavy (non-hydrogen) atoms. The maximum absolute atomic E-state index is 12.7. The average molecular weight is 295 g/mol. The Labute approximate surface area is 123 Å². The number of rotatable bonds is 2. The summed E-state index contributed by atoms with van der Waals surface area (Å²) in [6, 6.07) is 0. The minimum absolute atomic E-state index is 0.0837. The number of aryl methyl sites for hydroxylation is 2. The van der Waals surface area contributed by atoms with Crippen LogP contribution < -0.4 is 0 Å². The van der Waals surface area contributed by atoms with Crippen molar-refractivity contribution in [1.29, 1.82) is 0 Å². The summed E-state index contributed by atoms with van der Waals surface area (Å²) in [5, 5.41) is 0.971. The molecule has 0 amide bonds. The Hall–Kier alpha value is -0.780. The summed E-state index contributed by atoms with van der Waals surface area (Å²) in [4.78, 5) is 18.0. The van der Waals surface area contributed by atoms with E-state index in [0.717, 1.165) is 54.5 Å². The monoisotopic (exact) mass is 295 g/mol. The molecule has 1 spiro atoms. The molecule has 0 N–H and O–H groups in total. The van der Waals surface area contributed by atoms with Crippen molar-refractivity contribution in [2.24, 2.45) is 5.92 Å². The van der Waals surface area contributed by atoms with Crippen LogP contribution in [-0.4, -0.2) is 36.2 Å². The molecule has 2 saturated heterocycles. The number of carbonyl (C=O) groups is 1. The average Bonchev–Trinajstić information content (AvgIpc) is 2.78. The zero-order chi connectivity index (χ0) is 14.2. The van der Waals surface area contributed by atoms with Gasteiger partial charge in [-0.2, -0.15) is 0 Å². The molecule has 2 aliphatic rings. The second-order valence-corrected chi connectivity index (χ2v) is 7.05. The molecule has 0 aliphatic carbocycles. The first-order valence-corrected chi connectivity index (χ1v) is 8.11. The lowest BCUT2D eigenvalue weighted by Crippen LogP contribution is -2.45. The van der Waals surface area contributed by atoms with Crippen LogP contribution in [0.4, 0.5) is 0 Å². The van der Waals surface area contributed by atoms with E-state index in [-0.39, 0.29) is 17.3 Å². The van der Waals surface area contributed by atoms with Gasteiger partial charge in [-0.3, -0.25) is 4.79 Å². The van der Waals surface area contributed by atoms with Crippen LogP contribution in [0.3, 0.4) is 0 Å². The topological polar surface area (TPSA) is 48.4 Å². The molecule has 0 aromatic carbocycles. The molecule has 4 nitrogen and oxygen atoms in total. The fourth-order valence-electron chi connectivity index (χ4n) is 3.29. The fourth-order valence-corrected chi connectivity index (χ4v) is 4.23. The predicted molar refractivity (Wildman–Crippen MR) is 77.4 cm³/mol. The number of ketones is 1. The molecule has 2 fully saturated rings. The highest BCUT2D eigenvalue weighted by Gasteiger charge is 2.41. The number of Topliss-reactive ketones (excluding diaryl/α,β-unsaturated/α-hetero) is 1. The van der Waals surface area contributed by atoms with E-state index in [1.54, 1.807) is 0 Å². The summed E-state index contributed by atoms with van der Waals surface area (Å²) in [6.45, 7) is 6.07. The second kappa shape index (κ2) is 5.54. The lowest BCUT2D eigenvalue weighted by Gasteiger charge is -2.42. The lowest BCUT2D eigenvalue weighted by molar-refractivity contribution is -0.142. The number of aromatic nitrogens is 1. The maximum Gasteiger partial charge on any atom is 0.177 e. The lowest BCUT2D eigenvalue weighted by atomic mass is 9.79. The summed E-state index contributed by atoms with van der Waals surface area (Å²) in [5.41, 5.74) is 0.759. The molecule has 2 aliphatic heterocycles. The summed E-state index contributed by atoms with van der Waals surface area (Å²) >= 11 is 1.53. The Morgan fingerprint density at radius 2 is 2.05 bits per heavy atom. The normalized spacial score (nSPS) is 25.8. The second-order valence-electron chi connectivity index (χ2n) is 5.85. The smallest absolute Gasteiger partial charge is 0.177 e. The van der Waals surface area contributed by atoms with Gasteiger partial charge in [-0.25, -0.2) is 4.98 Å². The van der Waals surface area contributed by atoms with Crippen LogP contribution >= 0.6 is 11.3 Å². The first-order chi connectivity index (χ1) is 9.60. The van der Waals surface area contributed by atoms with Gasteiger partial charge < -0.3 is 9.47 Å². The van der Waals surface area contributed by atoms with Crippen molar-refractivity contribution in [1.82, 2.24) is 4.98 Å². The summed E-state index contributed by atoms with van der Waals surface area (Å²) < 4.78 is 11.4. The van der Waals surface area contributed by atoms with Crippen LogP contribution in [-0.2, 0) is 9.47 Å². The molecule has 3 heterocycles. The van der Waals surface area contributed by atoms with Crippen molar-refractivity contribution >= 4 is 17.1 Å². The Morgan fingerprint density at radius 3 is 2.70 bits per heavy atom. The van der Waals surface area contributed by atoms with Crippen molar-refractivity contribution in [2.45, 2.75) is 45.1 Å². The molecule has 1 aromatic rings. The van der Waals surface area contributed by atoms with Gasteiger partial charge in [0, 0.05) is 25.7 Å². The molecular weight excluding hydrogens is 274 g/mol. The van der Waals surface area contributed by atoms with Gasteiger partial charge in [-0.05, 0) is 39.5 Å². The van der Waals surface area contributed by atoms with E-state index >= 15 is 0 Å². The standard InChI is InChI=1S/C15H21NO3S/c1-10-14(20-11(2)16-10)13(17)12-3-6-19-15(9-12)4-7-18-8-5-15/h12H,3-9H2,1-2H3. The Morgan fingerprint density at radius 1 is 1.30 bits per heavy atom. The molecule has 1 unspecified atom stereocenters. The summed E-state index contributed by atoms with van der Waals surface area (Å²) in [5.74, 6) is 0.350. The van der Waals surface area contributed by atoms with Gasteiger partial charge in [0.15, 0.2) is 5.78 Å². The third kappa shape index (κ3) is 2.67. The van der Waals surface area contributed by atoms with Crippen LogP contribution in [0.1, 0.15) is 46.1 Å². The zero-order valence-electron chi connectivity index (χ0n) is 12.1. The van der Waals surface area contributed by atoms with Gasteiger partial charge in [0.2, 0.25) is 0 Å². The van der Waals surface area contributed by atoms with Crippen LogP contribution in [0.5, 0.6) is 0 Å². The van der Waals surface area contributed by atoms with E-state index in [1.807, 2.05) is 13.8 Å². The minimum Gasteiger partial charge on any atom is -0.381 e. The highest BCUT2D eigenvalue weighted by Crippen LogP contribution is 2.39. The SMILES string of the molecule is Cc1nc(C)c(C(=O)C2CCOC3(CCOCC3)C2)s1. The van der Waals surface area contributed by atoms with E-state index in [2.05, 4.69) is 4.98 Å². The first kappa shape index (κ1) is 14.2. The molecular formula is C15H21NO3S. The van der Waals surface area contributed by atoms with Crippen LogP contribution in [0.2, 0.25) is 0 Å². The third-order valence-electron chi connectivity index (χ3n) is 4.40. The Bertz CT molecular complexity index is 500. The molecule has 110 valence electrons. The summed E-state index contributed by atoms with van der Waals surface area (Å²) in [6.07, 6.45) is 3.50. The largest absolute Gasteiger partial charge is 0.381 e. The molecule has 3 rings (SSSR count). The van der Waals surface area contributed by atoms with Crippen molar-refractivity contribution in [3.05, 3.63) is 15.6 Å². The number of ether oxygens (including phenoxy) is 2. The van der Waals surface area contributed by atoms with Crippen LogP contribution in [0.25, 0.3) is 0 Å². The predicted octanol–water partition coefficient (Wildman–Crippen LogP) is 2.92. The first-order valence-electron chi connectivity index (χ1n) is 7.30. The highest BCUT2D eigenvalue weighted by molar-refractivity contribution is 7.13. The van der Waals surface area contributed by atoms with E-state index in [0.29, 0.717) is 6.61 Å². The van der Waals surface area contributed by atoms with Gasteiger partial charge in [0.25, 0.3) is 0 Å². The van der Waals surface area contributed by atoms with E-state index in [4.69, 9.17) is 9.47 Å². The van der Waals surface area contributed by atoms with Crippen molar-refractivity contribution in [3.63, 3.8) is 0 Å². The minimum atomic E-state index is -0.121. The molecule has 0 radical (unpaired) electrons. The van der Waals surface area contributed by atoms with Gasteiger partial charge >= 0.3 is 0 Å². The highest BCUT2D eigenvalue weighted by atomic mass is 32.1. The number of thiazole rings is 1. The zero-order valence-corrected chi connectivity index (χ0v) is 12.9. The van der Waals surface area contributed by atoms with E-state index in [1.165, 1.54) is 11.3 Å². The van der Waals surface area contributed by atoms with Crippen molar-refractivity contribution in [2.75, 3.05) is 19.8 Å². The van der Waals surface area contributed by atoms with Crippen molar-refractivity contribution < 1.29 is 14.3 Å². The van der Waals surface area contributed by atoms with Gasteiger partial charge in [0.1, 0.15) is 0 Å². The van der Waals surface area contributed by atoms with Gasteiger partial charge in [-0.1, -0.05) is 0 Å². The van der Waals surface area contributed by atoms with Gasteiger partial charge in [0.05, 0.1) is 21.2 Å². The molecule has 1 aromatic heterocycles. The molecule has 0 saturated carbocycles. The number of hydrogen-bond acceptors (Lipinski definition) is 5. The quantitative estimate of drug-likeness (QED) is 0.787. The summed E-state index contributed by atoms with van der Waals surface area (Å²) in [7, 11) is 0. The molecule has 1 atom stereocenters. The number of nitrogens with zero attached hydrogens (tertiary/aromatic N) is 1. The third-order valence-corrected chi connectivity index (χ3v) is 5.48. The Kier molecular flexibility index (Phi) is 3.93. The van der Waals surface area contributed by atoms with Gasteiger partial charge in [-0.15, -0.1) is 11.3 Å². The van der Waals surface area contributed by atoms with Crippen LogP contribution in [0.15, 0.2) is 0 Å². The number of hydrogen-bond donors (Lipinski definition) is 0. The Balaban J connectivity index is 1.76. The van der Waals surface area contributed by atoms with E-state index < -0.39 is 0 Å². The van der Waals surface area contributed by atoms with E-state index in [9.17, 15) is 4.79 Å². The van der Waals surface area contributed by atoms with Crippen LogP contribution in [0, 0.1) is 19.8 Å². The maximum atomic E-state index is 12.7. The van der Waals surface area contributed by atoms with Crippen molar-refractivity contribution in [3.8, 4) is 0 Å². The molecule has 5 heteroatoms. The molecule has 0 bridgehead atoms. The number of carbonyl (C=O) groups excluding carboxylic acids is 1.